The number of sulfonamides is 1. The summed E-state index contributed by atoms with van der Waals surface area (Å²) in [7, 11) is -3.91. The Morgan fingerprint density at radius 2 is 1.78 bits per heavy atom. The topological polar surface area (TPSA) is 90.1 Å². The molecule has 4 rings (SSSR count). The highest BCUT2D eigenvalue weighted by Crippen LogP contribution is 2.34. The van der Waals surface area contributed by atoms with Crippen LogP contribution in [-0.2, 0) is 14.8 Å². The van der Waals surface area contributed by atoms with Crippen molar-refractivity contribution in [1.29, 1.82) is 0 Å². The van der Waals surface area contributed by atoms with Crippen LogP contribution in [0.4, 0.5) is 5.69 Å². The fourth-order valence-electron chi connectivity index (χ4n) is 3.94. The number of hydrogen-bond donors (Lipinski definition) is 1. The van der Waals surface area contributed by atoms with Gasteiger partial charge in [0.2, 0.25) is 10.0 Å². The van der Waals surface area contributed by atoms with Gasteiger partial charge in [-0.05, 0) is 37.1 Å². The lowest BCUT2D eigenvalue weighted by Crippen LogP contribution is -2.55. The Morgan fingerprint density at radius 1 is 1.06 bits per heavy atom. The van der Waals surface area contributed by atoms with E-state index in [1.54, 1.807) is 11.2 Å². The van der Waals surface area contributed by atoms with Gasteiger partial charge in [-0.15, -0.1) is 0 Å². The van der Waals surface area contributed by atoms with Gasteiger partial charge in [-0.3, -0.25) is 4.90 Å². The number of benzene rings is 2. The maximum atomic E-state index is 13.5. The number of piperazine rings is 1. The van der Waals surface area contributed by atoms with Crippen LogP contribution in [0.1, 0.15) is 12.8 Å². The standard InChI is InChI=1S/C21H23Cl2N3O5S/c22-15-10-16(23)12-19(11-15)31-20-4-3-17(24-27)13-21(20)32(28,29)26-7-5-25(6-8-26)14-18-2-1-9-30-18/h3-4,10-13,18H,1-2,5-9,14H2/p+1. The third kappa shape index (κ3) is 5.41. The third-order valence-electron chi connectivity index (χ3n) is 5.56. The van der Waals surface area contributed by atoms with Gasteiger partial charge in [0.05, 0.1) is 6.10 Å². The van der Waals surface area contributed by atoms with Crippen LogP contribution in [0.15, 0.2) is 41.3 Å². The van der Waals surface area contributed by atoms with Crippen LogP contribution >= 0.6 is 23.2 Å². The van der Waals surface area contributed by atoms with Gasteiger partial charge in [0.1, 0.15) is 16.4 Å². The molecular weight excluding hydrogens is 477 g/mol. The highest BCUT2D eigenvalue weighted by Gasteiger charge is 2.33. The maximum Gasteiger partial charge on any atom is 0.254 e. The summed E-state index contributed by atoms with van der Waals surface area (Å²) in [6, 6.07) is 8.79. The second-order valence-corrected chi connectivity index (χ2v) is 10.6. The molecule has 8 nitrogen and oxygen atoms in total. The monoisotopic (exact) mass is 500 g/mol. The van der Waals surface area contributed by atoms with E-state index in [0.717, 1.165) is 26.0 Å². The number of hydrogen-bond acceptors (Lipinski definition) is 6. The van der Waals surface area contributed by atoms with Gasteiger partial charge in [0.25, 0.3) is 5.69 Å². The van der Waals surface area contributed by atoms with Crippen molar-refractivity contribution in [2.75, 3.05) is 39.3 Å². The number of nitroso groups, excluding NO2 is 1. The molecule has 2 aliphatic heterocycles. The van der Waals surface area contributed by atoms with Crippen LogP contribution in [0.3, 0.4) is 0 Å². The predicted molar refractivity (Wildman–Crippen MR) is 121 cm³/mol. The molecule has 2 saturated heterocycles. The molecule has 1 N–H and O–H groups in total. The summed E-state index contributed by atoms with van der Waals surface area (Å²) >= 11 is 12.1. The summed E-state index contributed by atoms with van der Waals surface area (Å²) < 4.78 is 39.9. The van der Waals surface area contributed by atoms with Gasteiger partial charge in [-0.25, -0.2) is 8.42 Å². The first-order valence-corrected chi connectivity index (χ1v) is 12.5. The van der Waals surface area contributed by atoms with E-state index in [0.29, 0.717) is 42.0 Å². The van der Waals surface area contributed by atoms with E-state index in [1.165, 1.54) is 34.6 Å². The lowest BCUT2D eigenvalue weighted by atomic mass is 10.2. The molecule has 1 unspecified atom stereocenters. The maximum absolute atomic E-state index is 13.5. The van der Waals surface area contributed by atoms with Crippen molar-refractivity contribution >= 4 is 38.9 Å². The zero-order valence-electron chi connectivity index (χ0n) is 17.3. The average Bonchev–Trinajstić information content (AvgIpc) is 3.26. The molecule has 0 amide bonds. The Bertz CT molecular complexity index is 1060. The molecule has 2 heterocycles. The van der Waals surface area contributed by atoms with E-state index in [1.807, 2.05) is 0 Å². The zero-order valence-corrected chi connectivity index (χ0v) is 19.6. The summed E-state index contributed by atoms with van der Waals surface area (Å²) in [5.41, 5.74) is 0.122. The molecule has 2 fully saturated rings. The number of halogens is 2. The van der Waals surface area contributed by atoms with Crippen molar-refractivity contribution in [1.82, 2.24) is 9.21 Å². The number of nitrogens with zero attached hydrogens (tertiary/aromatic N) is 2. The van der Waals surface area contributed by atoms with Gasteiger partial charge < -0.3 is 9.47 Å². The Morgan fingerprint density at radius 3 is 2.41 bits per heavy atom. The minimum absolute atomic E-state index is 0.0871. The predicted octanol–water partition coefficient (Wildman–Crippen LogP) is 2.75. The first-order chi connectivity index (χ1) is 15.3. The van der Waals surface area contributed by atoms with Crippen molar-refractivity contribution < 1.29 is 23.1 Å². The van der Waals surface area contributed by atoms with Crippen molar-refractivity contribution in [3.05, 3.63) is 51.4 Å². The van der Waals surface area contributed by atoms with Crippen LogP contribution in [0, 0.1) is 4.91 Å². The Kier molecular flexibility index (Phi) is 7.34. The molecule has 2 aromatic rings. The van der Waals surface area contributed by atoms with Crippen LogP contribution in [0.5, 0.6) is 11.5 Å². The van der Waals surface area contributed by atoms with Gasteiger partial charge in [0, 0.05) is 71.6 Å². The normalized spacial score (nSPS) is 20.4. The lowest BCUT2D eigenvalue weighted by molar-refractivity contribution is -0.379. The Hall–Kier alpha value is -1.75. The number of nitrogens with one attached hydrogen (secondary N) is 1. The summed E-state index contributed by atoms with van der Waals surface area (Å²) in [4.78, 5) is 13.3. The van der Waals surface area contributed by atoms with Crippen LogP contribution < -0.4 is 9.91 Å². The average molecular weight is 501 g/mol. The van der Waals surface area contributed by atoms with Crippen LogP contribution in [-0.4, -0.2) is 63.1 Å². The van der Waals surface area contributed by atoms with Crippen molar-refractivity contribution in [2.45, 2.75) is 23.8 Å². The molecule has 11 heteroatoms. The number of ether oxygens (including phenoxy) is 2. The van der Waals surface area contributed by atoms with E-state index >= 15 is 0 Å². The van der Waals surface area contributed by atoms with Gasteiger partial charge in [0.15, 0.2) is 0 Å². The second kappa shape index (κ2) is 10.0. The van der Waals surface area contributed by atoms with Crippen LogP contribution in [0.25, 0.3) is 0 Å². The highest BCUT2D eigenvalue weighted by molar-refractivity contribution is 7.89. The third-order valence-corrected chi connectivity index (χ3v) is 7.92. The van der Waals surface area contributed by atoms with E-state index in [9.17, 15) is 13.3 Å². The minimum Gasteiger partial charge on any atom is -0.456 e. The highest BCUT2D eigenvalue weighted by atomic mass is 35.5. The first kappa shape index (κ1) is 23.4. The molecule has 0 aromatic heterocycles. The minimum atomic E-state index is -3.91. The van der Waals surface area contributed by atoms with Gasteiger partial charge >= 0.3 is 0 Å². The molecule has 0 radical (unpaired) electrons. The zero-order chi connectivity index (χ0) is 22.7. The van der Waals surface area contributed by atoms with E-state index < -0.39 is 10.0 Å². The molecule has 0 spiro atoms. The molecule has 1 atom stereocenters. The van der Waals surface area contributed by atoms with E-state index in [-0.39, 0.29) is 22.4 Å². The molecule has 0 bridgehead atoms. The molecular formula is C21H24Cl2N3O5S+. The Balaban J connectivity index is 1.55. The summed E-state index contributed by atoms with van der Waals surface area (Å²) in [6.45, 7) is 3.51. The quantitative estimate of drug-likeness (QED) is 0.628. The Labute approximate surface area is 197 Å². The molecule has 2 aromatic carbocycles. The molecule has 0 saturated carbocycles. The smallest absolute Gasteiger partial charge is 0.254 e. The molecule has 172 valence electrons. The first-order valence-electron chi connectivity index (χ1n) is 10.4. The van der Waals surface area contributed by atoms with Crippen molar-refractivity contribution in [2.24, 2.45) is 0 Å². The number of rotatable bonds is 7. The fourth-order valence-corrected chi connectivity index (χ4v) is 6.01. The fraction of sp³-hybridized carbons (Fsp3) is 0.429. The summed E-state index contributed by atoms with van der Waals surface area (Å²) in [6.07, 6.45) is 2.34. The van der Waals surface area contributed by atoms with Crippen molar-refractivity contribution in [3.63, 3.8) is 0 Å². The van der Waals surface area contributed by atoms with E-state index in [4.69, 9.17) is 32.7 Å². The summed E-state index contributed by atoms with van der Waals surface area (Å²) in [5.74, 6) is 0.382. The van der Waals surface area contributed by atoms with E-state index in [2.05, 4.69) is 4.90 Å². The van der Waals surface area contributed by atoms with Crippen molar-refractivity contribution in [3.8, 4) is 11.5 Å². The molecule has 0 aliphatic carbocycles. The lowest BCUT2D eigenvalue weighted by Gasteiger charge is -2.35. The molecule has 2 aliphatic rings. The van der Waals surface area contributed by atoms with Gasteiger partial charge in [-0.2, -0.15) is 4.31 Å². The largest absolute Gasteiger partial charge is 0.456 e. The second-order valence-electron chi connectivity index (χ2n) is 7.81. The molecule has 32 heavy (non-hydrogen) atoms. The van der Waals surface area contributed by atoms with Gasteiger partial charge in [-0.1, -0.05) is 23.2 Å². The summed E-state index contributed by atoms with van der Waals surface area (Å²) in [5, 5.41) is 2.46. The van der Waals surface area contributed by atoms with Crippen LogP contribution in [0.2, 0.25) is 10.0 Å². The SMILES string of the molecule is O=[NH+]c1ccc(Oc2cc(Cl)cc(Cl)c2)c(S(=O)(=O)N2CCN(CC3CCCO3)CC2)c1.